The second kappa shape index (κ2) is 6.77. The summed E-state index contributed by atoms with van der Waals surface area (Å²) in [6, 6.07) is 1.60. The SMILES string of the molecule is CC(C)CC1(CNc2ncc(Br)cc2C(=O)O)CCCC1. The first-order valence-electron chi connectivity index (χ1n) is 7.55. The molecule has 1 fully saturated rings. The summed E-state index contributed by atoms with van der Waals surface area (Å²) in [5, 5.41) is 12.6. The first-order chi connectivity index (χ1) is 9.92. The quantitative estimate of drug-likeness (QED) is 0.785. The Hall–Kier alpha value is -1.10. The molecule has 0 saturated heterocycles. The van der Waals surface area contributed by atoms with E-state index in [2.05, 4.69) is 40.1 Å². The van der Waals surface area contributed by atoms with Crippen molar-refractivity contribution in [2.24, 2.45) is 11.3 Å². The molecule has 5 heteroatoms. The normalized spacial score (nSPS) is 17.1. The molecule has 1 aliphatic rings. The molecular formula is C16H23BrN2O2. The van der Waals surface area contributed by atoms with Crippen molar-refractivity contribution in [3.8, 4) is 0 Å². The highest BCUT2D eigenvalue weighted by Crippen LogP contribution is 2.43. The Bertz CT molecular complexity index is 511. The van der Waals surface area contributed by atoms with E-state index >= 15 is 0 Å². The van der Waals surface area contributed by atoms with Crippen molar-refractivity contribution >= 4 is 27.7 Å². The minimum atomic E-state index is -0.948. The van der Waals surface area contributed by atoms with E-state index in [-0.39, 0.29) is 5.56 Å². The van der Waals surface area contributed by atoms with Crippen LogP contribution in [-0.4, -0.2) is 22.6 Å². The number of carboxylic acid groups (broad SMARTS) is 1. The molecule has 116 valence electrons. The van der Waals surface area contributed by atoms with E-state index < -0.39 is 5.97 Å². The summed E-state index contributed by atoms with van der Waals surface area (Å²) in [6.07, 6.45) is 7.80. The van der Waals surface area contributed by atoms with Crippen LogP contribution in [0.2, 0.25) is 0 Å². The highest BCUT2D eigenvalue weighted by Gasteiger charge is 2.34. The van der Waals surface area contributed by atoms with Crippen molar-refractivity contribution in [3.63, 3.8) is 0 Å². The number of halogens is 1. The largest absolute Gasteiger partial charge is 0.478 e. The highest BCUT2D eigenvalue weighted by molar-refractivity contribution is 9.10. The van der Waals surface area contributed by atoms with Gasteiger partial charge in [0, 0.05) is 17.2 Å². The van der Waals surface area contributed by atoms with Gasteiger partial charge in [-0.1, -0.05) is 26.7 Å². The topological polar surface area (TPSA) is 62.2 Å². The van der Waals surface area contributed by atoms with Crippen molar-refractivity contribution in [3.05, 3.63) is 22.3 Å². The van der Waals surface area contributed by atoms with Gasteiger partial charge in [-0.15, -0.1) is 0 Å². The molecule has 0 aliphatic heterocycles. The van der Waals surface area contributed by atoms with Gasteiger partial charge in [-0.2, -0.15) is 0 Å². The number of carboxylic acids is 1. The van der Waals surface area contributed by atoms with Crippen molar-refractivity contribution in [1.29, 1.82) is 0 Å². The molecule has 0 spiro atoms. The fourth-order valence-corrected chi connectivity index (χ4v) is 3.79. The van der Waals surface area contributed by atoms with Crippen molar-refractivity contribution < 1.29 is 9.90 Å². The Labute approximate surface area is 134 Å². The Balaban J connectivity index is 2.12. The zero-order valence-electron chi connectivity index (χ0n) is 12.7. The standard InChI is InChI=1S/C16H23BrN2O2/c1-11(2)8-16(5-3-4-6-16)10-19-14-13(15(20)21)7-12(17)9-18-14/h7,9,11H,3-6,8,10H2,1-2H3,(H,18,19)(H,20,21). The van der Waals surface area contributed by atoms with E-state index in [9.17, 15) is 9.90 Å². The third-order valence-corrected chi connectivity index (χ3v) is 4.65. The number of hydrogen-bond acceptors (Lipinski definition) is 3. The second-order valence-electron chi connectivity index (χ2n) is 6.51. The summed E-state index contributed by atoms with van der Waals surface area (Å²) in [5.74, 6) is 0.179. The van der Waals surface area contributed by atoms with Crippen LogP contribution >= 0.6 is 15.9 Å². The molecule has 0 bridgehead atoms. The van der Waals surface area contributed by atoms with Crippen molar-refractivity contribution in [2.45, 2.75) is 46.0 Å². The van der Waals surface area contributed by atoms with Crippen molar-refractivity contribution in [1.82, 2.24) is 4.98 Å². The Morgan fingerprint density at radius 3 is 2.71 bits per heavy atom. The van der Waals surface area contributed by atoms with Crippen LogP contribution in [0.15, 0.2) is 16.7 Å². The average Bonchev–Trinajstić information content (AvgIpc) is 2.85. The highest BCUT2D eigenvalue weighted by atomic mass is 79.9. The first-order valence-corrected chi connectivity index (χ1v) is 8.34. The lowest BCUT2D eigenvalue weighted by Crippen LogP contribution is -2.29. The van der Waals surface area contributed by atoms with Crippen LogP contribution in [0.3, 0.4) is 0 Å². The maximum Gasteiger partial charge on any atom is 0.339 e. The monoisotopic (exact) mass is 354 g/mol. The zero-order chi connectivity index (χ0) is 15.5. The second-order valence-corrected chi connectivity index (χ2v) is 7.43. The first kappa shape index (κ1) is 16.3. The summed E-state index contributed by atoms with van der Waals surface area (Å²) < 4.78 is 0.684. The van der Waals surface area contributed by atoms with Crippen LogP contribution in [0.5, 0.6) is 0 Å². The third kappa shape index (κ3) is 4.19. The van der Waals surface area contributed by atoms with Crippen LogP contribution < -0.4 is 5.32 Å². The average molecular weight is 355 g/mol. The van der Waals surface area contributed by atoms with E-state index in [0.29, 0.717) is 21.6 Å². The van der Waals surface area contributed by atoms with E-state index in [1.54, 1.807) is 12.3 Å². The number of aromatic carboxylic acids is 1. The van der Waals surface area contributed by atoms with Gasteiger partial charge in [0.15, 0.2) is 0 Å². The van der Waals surface area contributed by atoms with Gasteiger partial charge in [-0.05, 0) is 52.6 Å². The molecule has 1 aromatic rings. The van der Waals surface area contributed by atoms with Crippen LogP contribution in [0.4, 0.5) is 5.82 Å². The number of nitrogens with zero attached hydrogens (tertiary/aromatic N) is 1. The molecule has 2 rings (SSSR count). The molecule has 2 N–H and O–H groups in total. The van der Waals surface area contributed by atoms with Gasteiger partial charge in [0.25, 0.3) is 0 Å². The lowest BCUT2D eigenvalue weighted by Gasteiger charge is -2.31. The molecule has 1 saturated carbocycles. The molecule has 0 amide bonds. The van der Waals surface area contributed by atoms with Crippen LogP contribution in [0, 0.1) is 11.3 Å². The van der Waals surface area contributed by atoms with Gasteiger partial charge in [-0.3, -0.25) is 0 Å². The van der Waals surface area contributed by atoms with Crippen LogP contribution in [0.25, 0.3) is 0 Å². The smallest absolute Gasteiger partial charge is 0.339 e. The molecular weight excluding hydrogens is 332 g/mol. The molecule has 0 aromatic carbocycles. The minimum absolute atomic E-state index is 0.224. The fourth-order valence-electron chi connectivity index (χ4n) is 3.46. The Morgan fingerprint density at radius 1 is 1.48 bits per heavy atom. The zero-order valence-corrected chi connectivity index (χ0v) is 14.2. The maximum absolute atomic E-state index is 11.3. The number of hydrogen-bond donors (Lipinski definition) is 2. The van der Waals surface area contributed by atoms with Gasteiger partial charge in [0.1, 0.15) is 11.4 Å². The van der Waals surface area contributed by atoms with Crippen LogP contribution in [0.1, 0.15) is 56.3 Å². The van der Waals surface area contributed by atoms with Crippen LogP contribution in [-0.2, 0) is 0 Å². The molecule has 1 aliphatic carbocycles. The van der Waals surface area contributed by atoms with Crippen molar-refractivity contribution in [2.75, 3.05) is 11.9 Å². The summed E-state index contributed by atoms with van der Waals surface area (Å²) in [6.45, 7) is 5.31. The summed E-state index contributed by atoms with van der Waals surface area (Å²) in [4.78, 5) is 15.6. The van der Waals surface area contributed by atoms with E-state index in [4.69, 9.17) is 0 Å². The minimum Gasteiger partial charge on any atom is -0.478 e. The molecule has 21 heavy (non-hydrogen) atoms. The summed E-state index contributed by atoms with van der Waals surface area (Å²) in [7, 11) is 0. The number of pyridine rings is 1. The Morgan fingerprint density at radius 2 is 2.14 bits per heavy atom. The number of aromatic nitrogens is 1. The number of nitrogens with one attached hydrogen (secondary N) is 1. The third-order valence-electron chi connectivity index (χ3n) is 4.22. The van der Waals surface area contributed by atoms with E-state index in [1.165, 1.54) is 32.1 Å². The number of carbonyl (C=O) groups is 1. The summed E-state index contributed by atoms with van der Waals surface area (Å²) >= 11 is 3.27. The lowest BCUT2D eigenvalue weighted by molar-refractivity contribution is 0.0697. The Kier molecular flexibility index (Phi) is 5.25. The molecule has 1 aromatic heterocycles. The maximum atomic E-state index is 11.3. The van der Waals surface area contributed by atoms with Gasteiger partial charge < -0.3 is 10.4 Å². The number of anilines is 1. The van der Waals surface area contributed by atoms with E-state index in [0.717, 1.165) is 6.54 Å². The molecule has 1 heterocycles. The van der Waals surface area contributed by atoms with Gasteiger partial charge in [-0.25, -0.2) is 9.78 Å². The predicted octanol–water partition coefficient (Wildman–Crippen LogP) is 4.56. The van der Waals surface area contributed by atoms with Gasteiger partial charge in [0.2, 0.25) is 0 Å². The molecule has 4 nitrogen and oxygen atoms in total. The molecule has 0 unspecified atom stereocenters. The van der Waals surface area contributed by atoms with Gasteiger partial charge in [0.05, 0.1) is 0 Å². The number of rotatable bonds is 6. The fraction of sp³-hybridized carbons (Fsp3) is 0.625. The van der Waals surface area contributed by atoms with Gasteiger partial charge >= 0.3 is 5.97 Å². The summed E-state index contributed by atoms with van der Waals surface area (Å²) in [5.41, 5.74) is 0.515. The molecule has 0 radical (unpaired) electrons. The molecule has 0 atom stereocenters. The lowest BCUT2D eigenvalue weighted by atomic mass is 9.78. The predicted molar refractivity (Wildman–Crippen MR) is 87.7 cm³/mol. The van der Waals surface area contributed by atoms with E-state index in [1.807, 2.05) is 0 Å².